The van der Waals surface area contributed by atoms with Gasteiger partial charge >= 0.3 is 5.97 Å². The van der Waals surface area contributed by atoms with Crippen molar-refractivity contribution in [1.82, 2.24) is 10.6 Å². The Morgan fingerprint density at radius 2 is 1.15 bits per heavy atom. The molecule has 55 heavy (non-hydrogen) atoms. The molecule has 4 rings (SSSR count). The molecule has 0 saturated heterocycles. The average molecular weight is 747 g/mol. The number of ether oxygens (including phenoxy) is 1. The minimum absolute atomic E-state index is 0.0696. The lowest BCUT2D eigenvalue weighted by Crippen LogP contribution is -2.50. The van der Waals surface area contributed by atoms with Crippen molar-refractivity contribution in [2.75, 3.05) is 0 Å². The van der Waals surface area contributed by atoms with Gasteiger partial charge in [0.2, 0.25) is 11.8 Å². The largest absolute Gasteiger partial charge is 0.488 e. The van der Waals surface area contributed by atoms with Crippen LogP contribution in [0.1, 0.15) is 95.9 Å². The molecular formula is C46H54N2O7. The molecule has 290 valence electrons. The zero-order valence-electron chi connectivity index (χ0n) is 32.8. The molecule has 0 bridgehead atoms. The fraction of sp³-hybridized carbons (Fsp3) is 0.370. The number of ketones is 2. The lowest BCUT2D eigenvalue weighted by molar-refractivity contribution is -0.140. The lowest BCUT2D eigenvalue weighted by atomic mass is 9.77. The fourth-order valence-electron chi connectivity index (χ4n) is 6.60. The number of nitrogens with one attached hydrogen (secondary N) is 2. The zero-order valence-corrected chi connectivity index (χ0v) is 32.8. The van der Waals surface area contributed by atoms with E-state index in [1.165, 1.54) is 0 Å². The standard InChI is InChI=1S/C46H54N2O7/c1-32(30-33-22-24-37(25-23-33)55-44(2,3)4)40(50)31-45(5,6)43(54)47-38(39(49)27-29-42(52)53)26-28-41(51)48-46(34-16-10-7-11-17-34,35-18-12-8-13-19-35)36-20-14-9-15-21-36/h7-25,32,38H,26-31H2,1-6H3,(H,47,54)(H,48,51)(H,52,53)/t32-,38-/m0/s1. The average Bonchev–Trinajstić information content (AvgIpc) is 3.15. The number of hydrogen-bond acceptors (Lipinski definition) is 6. The molecule has 4 aromatic rings. The van der Waals surface area contributed by atoms with Crippen molar-refractivity contribution in [2.24, 2.45) is 11.3 Å². The van der Waals surface area contributed by atoms with E-state index in [0.29, 0.717) is 6.42 Å². The second kappa shape index (κ2) is 18.7. The van der Waals surface area contributed by atoms with Crippen molar-refractivity contribution in [3.63, 3.8) is 0 Å². The van der Waals surface area contributed by atoms with Gasteiger partial charge in [-0.2, -0.15) is 0 Å². The molecule has 2 amide bonds. The molecule has 9 nitrogen and oxygen atoms in total. The van der Waals surface area contributed by atoms with E-state index in [1.807, 2.05) is 143 Å². The maximum Gasteiger partial charge on any atom is 0.303 e. The second-order valence-corrected chi connectivity index (χ2v) is 15.8. The van der Waals surface area contributed by atoms with Gasteiger partial charge in [-0.05, 0) is 68.0 Å². The van der Waals surface area contributed by atoms with Crippen molar-refractivity contribution in [2.45, 2.75) is 97.2 Å². The third-order valence-corrected chi connectivity index (χ3v) is 9.56. The number of carbonyl (C=O) groups is 5. The van der Waals surface area contributed by atoms with E-state index in [2.05, 4.69) is 10.6 Å². The molecule has 4 aromatic carbocycles. The van der Waals surface area contributed by atoms with Crippen molar-refractivity contribution in [1.29, 1.82) is 0 Å². The number of carbonyl (C=O) groups excluding carboxylic acids is 4. The summed E-state index contributed by atoms with van der Waals surface area (Å²) in [5, 5.41) is 15.3. The molecule has 0 aliphatic rings. The Labute approximate surface area is 324 Å². The van der Waals surface area contributed by atoms with Crippen molar-refractivity contribution >= 4 is 29.4 Å². The molecule has 0 aliphatic carbocycles. The number of carboxylic acids is 1. The van der Waals surface area contributed by atoms with Gasteiger partial charge in [0.05, 0.1) is 17.9 Å². The highest BCUT2D eigenvalue weighted by atomic mass is 16.5. The number of amides is 2. The Kier molecular flexibility index (Phi) is 14.3. The summed E-state index contributed by atoms with van der Waals surface area (Å²) in [7, 11) is 0. The Balaban J connectivity index is 1.49. The summed E-state index contributed by atoms with van der Waals surface area (Å²) in [6, 6.07) is 35.3. The van der Waals surface area contributed by atoms with Crippen LogP contribution in [0.3, 0.4) is 0 Å². The van der Waals surface area contributed by atoms with Crippen LogP contribution in [0.5, 0.6) is 5.75 Å². The quantitative estimate of drug-likeness (QED) is 0.0832. The molecule has 0 saturated carbocycles. The molecule has 0 spiro atoms. The number of hydrogen-bond donors (Lipinski definition) is 3. The van der Waals surface area contributed by atoms with E-state index in [9.17, 15) is 29.1 Å². The van der Waals surface area contributed by atoms with E-state index >= 15 is 0 Å². The maximum atomic E-state index is 14.0. The van der Waals surface area contributed by atoms with Crippen LogP contribution >= 0.6 is 0 Å². The van der Waals surface area contributed by atoms with Crippen LogP contribution < -0.4 is 15.4 Å². The van der Waals surface area contributed by atoms with Crippen LogP contribution in [-0.2, 0) is 35.9 Å². The van der Waals surface area contributed by atoms with Crippen LogP contribution in [0, 0.1) is 11.3 Å². The Morgan fingerprint density at radius 3 is 1.60 bits per heavy atom. The van der Waals surface area contributed by atoms with Crippen LogP contribution in [-0.4, -0.2) is 46.1 Å². The Morgan fingerprint density at radius 1 is 0.655 bits per heavy atom. The molecule has 0 aliphatic heterocycles. The molecule has 0 heterocycles. The van der Waals surface area contributed by atoms with E-state index < -0.39 is 41.1 Å². The van der Waals surface area contributed by atoms with Gasteiger partial charge in [-0.3, -0.25) is 24.0 Å². The van der Waals surface area contributed by atoms with Gasteiger partial charge in [0.1, 0.15) is 22.7 Å². The molecule has 9 heteroatoms. The minimum atomic E-state index is -1.19. The van der Waals surface area contributed by atoms with Crippen LogP contribution in [0.2, 0.25) is 0 Å². The lowest BCUT2D eigenvalue weighted by Gasteiger charge is -2.37. The third kappa shape index (κ3) is 12.0. The Bertz CT molecular complexity index is 1800. The molecule has 0 unspecified atom stereocenters. The van der Waals surface area contributed by atoms with Gasteiger partial charge in [-0.1, -0.05) is 124 Å². The summed E-state index contributed by atoms with van der Waals surface area (Å²) in [5.41, 5.74) is 0.853. The van der Waals surface area contributed by atoms with E-state index in [4.69, 9.17) is 4.74 Å². The van der Waals surface area contributed by atoms with E-state index in [-0.39, 0.29) is 48.9 Å². The first-order valence-corrected chi connectivity index (χ1v) is 18.8. The normalized spacial score (nSPS) is 12.9. The monoisotopic (exact) mass is 746 g/mol. The molecule has 0 fully saturated rings. The summed E-state index contributed by atoms with van der Waals surface area (Å²) >= 11 is 0. The number of Topliss-reactive ketones (excluding diaryl/α,β-unsaturated/α-hetero) is 2. The Hall–Kier alpha value is -5.57. The number of carboxylic acid groups (broad SMARTS) is 1. The van der Waals surface area contributed by atoms with Crippen molar-refractivity contribution in [3.05, 3.63) is 138 Å². The second-order valence-electron chi connectivity index (χ2n) is 15.8. The zero-order chi connectivity index (χ0) is 40.2. The van der Waals surface area contributed by atoms with E-state index in [1.54, 1.807) is 13.8 Å². The molecule has 0 radical (unpaired) electrons. The fourth-order valence-corrected chi connectivity index (χ4v) is 6.60. The number of rotatable bonds is 19. The highest BCUT2D eigenvalue weighted by Crippen LogP contribution is 2.37. The van der Waals surface area contributed by atoms with E-state index in [0.717, 1.165) is 28.0 Å². The highest BCUT2D eigenvalue weighted by molar-refractivity contribution is 5.95. The molecule has 3 N–H and O–H groups in total. The van der Waals surface area contributed by atoms with Gasteiger partial charge in [0.15, 0.2) is 5.78 Å². The SMILES string of the molecule is C[C@@H](Cc1ccc(OC(C)(C)C)cc1)C(=O)CC(C)(C)C(=O)N[C@@H](CCC(=O)NC(c1ccccc1)(c1ccccc1)c1ccccc1)C(=O)CCC(=O)O. The van der Waals surface area contributed by atoms with Crippen LogP contribution in [0.25, 0.3) is 0 Å². The van der Waals surface area contributed by atoms with Crippen molar-refractivity contribution in [3.8, 4) is 5.75 Å². The highest BCUT2D eigenvalue weighted by Gasteiger charge is 2.39. The molecule has 0 aromatic heterocycles. The van der Waals surface area contributed by atoms with Crippen molar-refractivity contribution < 1.29 is 33.8 Å². The number of aliphatic carboxylic acids is 1. The van der Waals surface area contributed by atoms with Gasteiger partial charge < -0.3 is 20.5 Å². The molecular weight excluding hydrogens is 693 g/mol. The van der Waals surface area contributed by atoms with Crippen LogP contribution in [0.4, 0.5) is 0 Å². The summed E-state index contributed by atoms with van der Waals surface area (Å²) in [6.45, 7) is 11.0. The first-order valence-electron chi connectivity index (χ1n) is 18.8. The van der Waals surface area contributed by atoms with Gasteiger partial charge in [0, 0.05) is 25.2 Å². The predicted octanol–water partition coefficient (Wildman–Crippen LogP) is 7.84. The smallest absolute Gasteiger partial charge is 0.303 e. The van der Waals surface area contributed by atoms with Gasteiger partial charge in [0.25, 0.3) is 0 Å². The first kappa shape index (κ1) is 42.2. The maximum absolute atomic E-state index is 14.0. The summed E-state index contributed by atoms with van der Waals surface area (Å²) in [5.74, 6) is -2.30. The van der Waals surface area contributed by atoms with Gasteiger partial charge in [-0.15, -0.1) is 0 Å². The molecule has 2 atom stereocenters. The number of benzene rings is 4. The topological polar surface area (TPSA) is 139 Å². The minimum Gasteiger partial charge on any atom is -0.488 e. The van der Waals surface area contributed by atoms with Gasteiger partial charge in [-0.25, -0.2) is 0 Å². The predicted molar refractivity (Wildman–Crippen MR) is 213 cm³/mol. The first-order chi connectivity index (χ1) is 26.0. The van der Waals surface area contributed by atoms with Crippen LogP contribution in [0.15, 0.2) is 115 Å². The summed E-state index contributed by atoms with van der Waals surface area (Å²) in [4.78, 5) is 66.0. The summed E-state index contributed by atoms with van der Waals surface area (Å²) in [6.07, 6.45) is -0.545. The summed E-state index contributed by atoms with van der Waals surface area (Å²) < 4.78 is 5.90. The third-order valence-electron chi connectivity index (χ3n) is 9.56.